The van der Waals surface area contributed by atoms with E-state index in [4.69, 9.17) is 0 Å². The molecule has 0 atom stereocenters. The van der Waals surface area contributed by atoms with Crippen LogP contribution in [0.3, 0.4) is 0 Å². The summed E-state index contributed by atoms with van der Waals surface area (Å²) in [5, 5.41) is 6.65. The van der Waals surface area contributed by atoms with Gasteiger partial charge in [0.1, 0.15) is 5.82 Å². The van der Waals surface area contributed by atoms with E-state index in [0.29, 0.717) is 24.3 Å². The Labute approximate surface area is 179 Å². The maximum Gasteiger partial charge on any atom is 0.319 e. The van der Waals surface area contributed by atoms with Crippen LogP contribution in [-0.2, 0) is 0 Å². The first kappa shape index (κ1) is 19.4. The predicted molar refractivity (Wildman–Crippen MR) is 118 cm³/mol. The lowest BCUT2D eigenvalue weighted by atomic mass is 9.98. The highest BCUT2D eigenvalue weighted by Crippen LogP contribution is 2.30. The molecule has 3 N–H and O–H groups in total. The molecule has 1 fully saturated rings. The van der Waals surface area contributed by atoms with Crippen LogP contribution < -0.4 is 10.6 Å². The first-order chi connectivity index (χ1) is 15.1. The lowest BCUT2D eigenvalue weighted by Crippen LogP contribution is -2.34. The molecule has 31 heavy (non-hydrogen) atoms. The van der Waals surface area contributed by atoms with E-state index in [-0.39, 0.29) is 23.8 Å². The summed E-state index contributed by atoms with van der Waals surface area (Å²) in [6.45, 7) is 1.10. The van der Waals surface area contributed by atoms with Crippen molar-refractivity contribution >= 4 is 34.1 Å². The second kappa shape index (κ2) is 7.91. The van der Waals surface area contributed by atoms with Crippen LogP contribution in [0, 0.1) is 5.82 Å². The normalized spacial score (nSPS) is 16.2. The number of amides is 3. The molecular weight excluding hydrogens is 395 g/mol. The van der Waals surface area contributed by atoms with Crippen molar-refractivity contribution in [2.75, 3.05) is 18.4 Å². The molecule has 0 spiro atoms. The Morgan fingerprint density at radius 2 is 2.00 bits per heavy atom. The quantitative estimate of drug-likeness (QED) is 0.583. The number of aromatic amines is 1. The number of hydrogen-bond acceptors (Lipinski definition) is 2. The smallest absolute Gasteiger partial charge is 0.319 e. The molecule has 0 radical (unpaired) electrons. The second-order valence-electron chi connectivity index (χ2n) is 8.08. The van der Waals surface area contributed by atoms with Gasteiger partial charge in [-0.15, -0.1) is 0 Å². The van der Waals surface area contributed by atoms with E-state index in [1.807, 2.05) is 6.20 Å². The Morgan fingerprint density at radius 1 is 1.13 bits per heavy atom. The number of H-pyrrole nitrogens is 1. The fraction of sp³-hybridized carbons (Fsp3) is 0.250. The molecule has 3 amide bonds. The number of hydrogen-bond donors (Lipinski definition) is 3. The highest BCUT2D eigenvalue weighted by molar-refractivity contribution is 5.98. The van der Waals surface area contributed by atoms with E-state index in [9.17, 15) is 14.0 Å². The minimum absolute atomic E-state index is 0.0671. The monoisotopic (exact) mass is 418 g/mol. The number of fused-ring (bicyclic) bond motifs is 1. The summed E-state index contributed by atoms with van der Waals surface area (Å²) in [4.78, 5) is 29.9. The van der Waals surface area contributed by atoms with Gasteiger partial charge in [0, 0.05) is 53.0 Å². The third-order valence-electron chi connectivity index (χ3n) is 5.77. The van der Waals surface area contributed by atoms with E-state index in [1.165, 1.54) is 12.1 Å². The summed E-state index contributed by atoms with van der Waals surface area (Å²) < 4.78 is 13.4. The number of carbonyl (C=O) groups is 2. The Hall–Kier alpha value is -3.61. The fourth-order valence-corrected chi connectivity index (χ4v) is 3.96. The van der Waals surface area contributed by atoms with E-state index < -0.39 is 0 Å². The van der Waals surface area contributed by atoms with Crippen molar-refractivity contribution in [3.8, 4) is 0 Å². The lowest BCUT2D eigenvalue weighted by molar-refractivity contribution is 0.0773. The van der Waals surface area contributed by atoms with Crippen molar-refractivity contribution in [2.45, 2.75) is 25.3 Å². The molecule has 0 saturated heterocycles. The van der Waals surface area contributed by atoms with Crippen molar-refractivity contribution in [3.05, 3.63) is 71.7 Å². The molecule has 0 bridgehead atoms. The average Bonchev–Trinajstić information content (AvgIpc) is 3.49. The van der Waals surface area contributed by atoms with Crippen molar-refractivity contribution < 1.29 is 14.0 Å². The van der Waals surface area contributed by atoms with Gasteiger partial charge in [-0.05, 0) is 61.2 Å². The number of nitrogens with zero attached hydrogens (tertiary/aromatic N) is 1. The van der Waals surface area contributed by atoms with Crippen LogP contribution in [0.15, 0.2) is 54.7 Å². The van der Waals surface area contributed by atoms with Gasteiger partial charge in [0.15, 0.2) is 0 Å². The number of benzene rings is 2. The van der Waals surface area contributed by atoms with E-state index in [2.05, 4.69) is 21.7 Å². The molecule has 0 unspecified atom stereocenters. The van der Waals surface area contributed by atoms with Gasteiger partial charge in [-0.2, -0.15) is 0 Å². The number of urea groups is 1. The molecule has 1 aliphatic heterocycles. The van der Waals surface area contributed by atoms with Crippen molar-refractivity contribution in [1.82, 2.24) is 15.2 Å². The van der Waals surface area contributed by atoms with Gasteiger partial charge in [-0.25, -0.2) is 9.18 Å². The maximum atomic E-state index is 13.4. The van der Waals surface area contributed by atoms with Crippen LogP contribution >= 0.6 is 0 Å². The summed E-state index contributed by atoms with van der Waals surface area (Å²) in [5.74, 6) is -0.334. The fourth-order valence-electron chi connectivity index (χ4n) is 3.96. The molecule has 1 aromatic heterocycles. The van der Waals surface area contributed by atoms with Crippen molar-refractivity contribution in [1.29, 1.82) is 0 Å². The van der Waals surface area contributed by atoms with E-state index in [1.54, 1.807) is 35.2 Å². The van der Waals surface area contributed by atoms with Gasteiger partial charge < -0.3 is 20.5 Å². The topological polar surface area (TPSA) is 77.2 Å². The number of aromatic nitrogens is 1. The molecule has 5 rings (SSSR count). The number of nitrogens with one attached hydrogen (secondary N) is 3. The molecule has 2 aromatic carbocycles. The highest BCUT2D eigenvalue weighted by Gasteiger charge is 2.24. The van der Waals surface area contributed by atoms with E-state index >= 15 is 0 Å². The Balaban J connectivity index is 1.27. The molecule has 1 aliphatic carbocycles. The molecule has 7 heteroatoms. The minimum atomic E-state index is -0.267. The second-order valence-corrected chi connectivity index (χ2v) is 8.08. The zero-order chi connectivity index (χ0) is 21.4. The van der Waals surface area contributed by atoms with Gasteiger partial charge in [0.25, 0.3) is 5.91 Å². The zero-order valence-corrected chi connectivity index (χ0v) is 17.0. The number of rotatable bonds is 4. The number of halogens is 1. The van der Waals surface area contributed by atoms with Crippen LogP contribution in [0.4, 0.5) is 14.9 Å². The molecular formula is C24H23FN4O2. The first-order valence-corrected chi connectivity index (χ1v) is 10.5. The molecule has 2 heterocycles. The Kier molecular flexibility index (Phi) is 4.94. The van der Waals surface area contributed by atoms with Crippen LogP contribution in [0.5, 0.6) is 0 Å². The van der Waals surface area contributed by atoms with Gasteiger partial charge >= 0.3 is 6.03 Å². The number of carbonyl (C=O) groups excluding carboxylic acids is 2. The summed E-state index contributed by atoms with van der Waals surface area (Å²) in [6, 6.07) is 11.8. The largest absolute Gasteiger partial charge is 0.360 e. The molecule has 158 valence electrons. The van der Waals surface area contributed by atoms with Crippen LogP contribution in [0.2, 0.25) is 0 Å². The third-order valence-corrected chi connectivity index (χ3v) is 5.77. The SMILES string of the molecule is O=C(Nc1cccc(C(=O)N2CC=C(c3c[nH]c4cc(F)ccc34)CC2)c1)NC1CC1. The summed E-state index contributed by atoms with van der Waals surface area (Å²) >= 11 is 0. The van der Waals surface area contributed by atoms with Crippen molar-refractivity contribution in [2.24, 2.45) is 0 Å². The molecule has 6 nitrogen and oxygen atoms in total. The standard InChI is InChI=1S/C24H23FN4O2/c25-17-4-7-20-21(14-26-22(20)13-17)15-8-10-29(11-9-15)23(30)16-2-1-3-19(12-16)28-24(31)27-18-5-6-18/h1-4,7-8,12-14,18,26H,5-6,9-11H2,(H2,27,28,31). The summed E-state index contributed by atoms with van der Waals surface area (Å²) in [7, 11) is 0. The van der Waals surface area contributed by atoms with Crippen molar-refractivity contribution in [3.63, 3.8) is 0 Å². The average molecular weight is 418 g/mol. The van der Waals surface area contributed by atoms with Gasteiger partial charge in [0.2, 0.25) is 0 Å². The molecule has 1 saturated carbocycles. The molecule has 3 aromatic rings. The Bertz CT molecular complexity index is 1200. The Morgan fingerprint density at radius 3 is 2.77 bits per heavy atom. The summed E-state index contributed by atoms with van der Waals surface area (Å²) in [5.41, 5.74) is 4.11. The minimum Gasteiger partial charge on any atom is -0.360 e. The zero-order valence-electron chi connectivity index (χ0n) is 17.0. The first-order valence-electron chi connectivity index (χ1n) is 10.5. The third kappa shape index (κ3) is 4.17. The maximum absolute atomic E-state index is 13.4. The predicted octanol–water partition coefficient (Wildman–Crippen LogP) is 4.52. The van der Waals surface area contributed by atoms with Gasteiger partial charge in [0.05, 0.1) is 0 Å². The van der Waals surface area contributed by atoms with Gasteiger partial charge in [-0.1, -0.05) is 12.1 Å². The summed E-state index contributed by atoms with van der Waals surface area (Å²) in [6.07, 6.45) is 6.71. The van der Waals surface area contributed by atoms with Crippen LogP contribution in [-0.4, -0.2) is 41.0 Å². The highest BCUT2D eigenvalue weighted by atomic mass is 19.1. The number of anilines is 1. The van der Waals surface area contributed by atoms with Gasteiger partial charge in [-0.3, -0.25) is 4.79 Å². The van der Waals surface area contributed by atoms with E-state index in [0.717, 1.165) is 41.3 Å². The van der Waals surface area contributed by atoms with Crippen LogP contribution in [0.25, 0.3) is 16.5 Å². The lowest BCUT2D eigenvalue weighted by Gasteiger charge is -2.26. The van der Waals surface area contributed by atoms with Crippen LogP contribution in [0.1, 0.15) is 35.2 Å². The molecule has 2 aliphatic rings.